The number of hydrogen-bond donors (Lipinski definition) is 2. The molecule has 1 aromatic rings. The Morgan fingerprint density at radius 1 is 1.36 bits per heavy atom. The standard InChI is InChI=1S/C8H8BrF3N2/c9-5-1-2-6(13)7(3-5)14-4-8(10,11)12/h1-3,14H,4,13H2. The van der Waals surface area contributed by atoms with Gasteiger partial charge in [0.25, 0.3) is 0 Å². The highest BCUT2D eigenvalue weighted by molar-refractivity contribution is 9.10. The summed E-state index contributed by atoms with van der Waals surface area (Å²) in [5, 5.41) is 2.21. The molecule has 0 saturated carbocycles. The SMILES string of the molecule is Nc1ccc(Br)cc1NCC(F)(F)F. The van der Waals surface area contributed by atoms with Crippen molar-refractivity contribution >= 4 is 27.3 Å². The van der Waals surface area contributed by atoms with Gasteiger partial charge in [-0.25, -0.2) is 0 Å². The zero-order valence-electron chi connectivity index (χ0n) is 7.03. The van der Waals surface area contributed by atoms with Gasteiger partial charge in [-0.1, -0.05) is 15.9 Å². The average molecular weight is 269 g/mol. The van der Waals surface area contributed by atoms with Crippen LogP contribution in [0.15, 0.2) is 22.7 Å². The lowest BCUT2D eigenvalue weighted by Gasteiger charge is -2.11. The largest absolute Gasteiger partial charge is 0.405 e. The van der Waals surface area contributed by atoms with Gasteiger partial charge in [-0.3, -0.25) is 0 Å². The highest BCUT2D eigenvalue weighted by Gasteiger charge is 2.26. The first-order chi connectivity index (χ1) is 6.38. The molecule has 14 heavy (non-hydrogen) atoms. The van der Waals surface area contributed by atoms with Crippen LogP contribution in [0.2, 0.25) is 0 Å². The molecule has 0 saturated heterocycles. The fraction of sp³-hybridized carbons (Fsp3) is 0.250. The summed E-state index contributed by atoms with van der Waals surface area (Å²) >= 11 is 3.14. The minimum absolute atomic E-state index is 0.275. The molecule has 3 N–H and O–H groups in total. The number of nitrogen functional groups attached to an aromatic ring is 1. The highest BCUT2D eigenvalue weighted by atomic mass is 79.9. The van der Waals surface area contributed by atoms with Crippen molar-refractivity contribution in [1.82, 2.24) is 0 Å². The van der Waals surface area contributed by atoms with Gasteiger partial charge in [-0.15, -0.1) is 0 Å². The Morgan fingerprint density at radius 3 is 2.57 bits per heavy atom. The van der Waals surface area contributed by atoms with Gasteiger partial charge >= 0.3 is 6.18 Å². The van der Waals surface area contributed by atoms with Crippen molar-refractivity contribution in [2.24, 2.45) is 0 Å². The molecule has 6 heteroatoms. The van der Waals surface area contributed by atoms with E-state index in [1.165, 1.54) is 12.1 Å². The van der Waals surface area contributed by atoms with E-state index in [0.29, 0.717) is 4.47 Å². The lowest BCUT2D eigenvalue weighted by atomic mass is 10.2. The van der Waals surface area contributed by atoms with E-state index >= 15 is 0 Å². The van der Waals surface area contributed by atoms with E-state index in [0.717, 1.165) is 0 Å². The van der Waals surface area contributed by atoms with Crippen molar-refractivity contribution in [3.05, 3.63) is 22.7 Å². The van der Waals surface area contributed by atoms with Crippen LogP contribution in [0.4, 0.5) is 24.5 Å². The summed E-state index contributed by atoms with van der Waals surface area (Å²) in [4.78, 5) is 0. The number of nitrogens with two attached hydrogens (primary N) is 1. The molecule has 2 nitrogen and oxygen atoms in total. The lowest BCUT2D eigenvalue weighted by Crippen LogP contribution is -2.21. The highest BCUT2D eigenvalue weighted by Crippen LogP contribution is 2.24. The third-order valence-electron chi connectivity index (χ3n) is 1.49. The molecule has 78 valence electrons. The van der Waals surface area contributed by atoms with Crippen LogP contribution in [0, 0.1) is 0 Å². The van der Waals surface area contributed by atoms with Gasteiger partial charge in [0, 0.05) is 4.47 Å². The van der Waals surface area contributed by atoms with Gasteiger partial charge in [0.1, 0.15) is 6.54 Å². The fourth-order valence-corrected chi connectivity index (χ4v) is 1.24. The van der Waals surface area contributed by atoms with Crippen LogP contribution in [-0.4, -0.2) is 12.7 Å². The van der Waals surface area contributed by atoms with E-state index in [1.807, 2.05) is 0 Å². The molecule has 0 fully saturated rings. The summed E-state index contributed by atoms with van der Waals surface area (Å²) < 4.78 is 36.3. The molecule has 0 spiro atoms. The molecule has 1 rings (SSSR count). The summed E-state index contributed by atoms with van der Waals surface area (Å²) in [6.45, 7) is -1.09. The van der Waals surface area contributed by atoms with Gasteiger partial charge in [0.2, 0.25) is 0 Å². The molecule has 0 bridgehead atoms. The molecule has 0 unspecified atom stereocenters. The van der Waals surface area contributed by atoms with E-state index in [1.54, 1.807) is 6.07 Å². The molecule has 0 radical (unpaired) electrons. The Morgan fingerprint density at radius 2 is 2.00 bits per heavy atom. The molecular formula is C8H8BrF3N2. The summed E-state index contributed by atoms with van der Waals surface area (Å²) in [6, 6.07) is 4.69. The van der Waals surface area contributed by atoms with Crippen LogP contribution in [0.1, 0.15) is 0 Å². The zero-order chi connectivity index (χ0) is 10.8. The summed E-state index contributed by atoms with van der Waals surface area (Å²) in [7, 11) is 0. The Kier molecular flexibility index (Phi) is 3.25. The Labute approximate surface area is 87.4 Å². The number of nitrogens with one attached hydrogen (secondary N) is 1. The lowest BCUT2D eigenvalue weighted by molar-refractivity contribution is -0.115. The van der Waals surface area contributed by atoms with Crippen LogP contribution in [-0.2, 0) is 0 Å². The molecule has 0 atom stereocenters. The van der Waals surface area contributed by atoms with Crippen LogP contribution < -0.4 is 11.1 Å². The molecule has 0 aliphatic carbocycles. The number of halogens is 4. The third kappa shape index (κ3) is 3.45. The monoisotopic (exact) mass is 268 g/mol. The maximum atomic E-state index is 11.9. The molecule has 0 aliphatic heterocycles. The topological polar surface area (TPSA) is 38.0 Å². The van der Waals surface area contributed by atoms with Crippen molar-refractivity contribution in [3.63, 3.8) is 0 Å². The normalized spacial score (nSPS) is 11.4. The second-order valence-electron chi connectivity index (χ2n) is 2.70. The second-order valence-corrected chi connectivity index (χ2v) is 3.62. The van der Waals surface area contributed by atoms with E-state index in [-0.39, 0.29) is 11.4 Å². The zero-order valence-corrected chi connectivity index (χ0v) is 8.61. The average Bonchev–Trinajstić information content (AvgIpc) is 2.05. The molecule has 0 aromatic heterocycles. The molecule has 0 amide bonds. The van der Waals surface area contributed by atoms with Crippen molar-refractivity contribution in [2.45, 2.75) is 6.18 Å². The van der Waals surface area contributed by atoms with Gasteiger partial charge in [0.05, 0.1) is 11.4 Å². The smallest absolute Gasteiger partial charge is 0.397 e. The predicted octanol–water partition coefficient (Wildman–Crippen LogP) is 3.01. The first-order valence-electron chi connectivity index (χ1n) is 3.74. The van der Waals surface area contributed by atoms with E-state index < -0.39 is 12.7 Å². The Bertz CT molecular complexity index is 325. The van der Waals surface area contributed by atoms with Crippen molar-refractivity contribution < 1.29 is 13.2 Å². The maximum absolute atomic E-state index is 11.9. The minimum Gasteiger partial charge on any atom is -0.397 e. The first-order valence-corrected chi connectivity index (χ1v) is 4.53. The molecule has 0 aliphatic rings. The summed E-state index contributed by atoms with van der Waals surface area (Å²) in [6.07, 6.45) is -4.24. The number of alkyl halides is 3. The van der Waals surface area contributed by atoms with E-state index in [2.05, 4.69) is 21.2 Å². The van der Waals surface area contributed by atoms with Gasteiger partial charge in [-0.2, -0.15) is 13.2 Å². The Hall–Kier alpha value is -0.910. The maximum Gasteiger partial charge on any atom is 0.405 e. The first kappa shape index (κ1) is 11.2. The fourth-order valence-electron chi connectivity index (χ4n) is 0.877. The quantitative estimate of drug-likeness (QED) is 0.810. The van der Waals surface area contributed by atoms with Crippen molar-refractivity contribution in [2.75, 3.05) is 17.6 Å². The minimum atomic E-state index is -4.24. The van der Waals surface area contributed by atoms with Gasteiger partial charge in [0.15, 0.2) is 0 Å². The van der Waals surface area contributed by atoms with Gasteiger partial charge in [-0.05, 0) is 18.2 Å². The van der Waals surface area contributed by atoms with E-state index in [9.17, 15) is 13.2 Å². The number of rotatable bonds is 2. The van der Waals surface area contributed by atoms with Gasteiger partial charge < -0.3 is 11.1 Å². The van der Waals surface area contributed by atoms with Crippen LogP contribution >= 0.6 is 15.9 Å². The molecular weight excluding hydrogens is 261 g/mol. The third-order valence-corrected chi connectivity index (χ3v) is 1.99. The number of hydrogen-bond acceptors (Lipinski definition) is 2. The van der Waals surface area contributed by atoms with Crippen molar-refractivity contribution in [3.8, 4) is 0 Å². The number of benzene rings is 1. The van der Waals surface area contributed by atoms with E-state index in [4.69, 9.17) is 5.73 Å². The second kappa shape index (κ2) is 4.08. The van der Waals surface area contributed by atoms with Crippen LogP contribution in [0.25, 0.3) is 0 Å². The Balaban J connectivity index is 2.72. The summed E-state index contributed by atoms with van der Waals surface area (Å²) in [5.41, 5.74) is 6.03. The molecule has 1 aromatic carbocycles. The van der Waals surface area contributed by atoms with Crippen LogP contribution in [0.5, 0.6) is 0 Å². The summed E-state index contributed by atoms with van der Waals surface area (Å²) in [5.74, 6) is 0. The number of anilines is 2. The predicted molar refractivity (Wildman–Crippen MR) is 53.1 cm³/mol. The molecule has 0 heterocycles. The van der Waals surface area contributed by atoms with Crippen molar-refractivity contribution in [1.29, 1.82) is 0 Å². The van der Waals surface area contributed by atoms with Crippen LogP contribution in [0.3, 0.4) is 0 Å².